The molecule has 4 heteroatoms. The molecule has 110 valence electrons. The van der Waals surface area contributed by atoms with Crippen molar-refractivity contribution in [3.8, 4) is 0 Å². The van der Waals surface area contributed by atoms with Gasteiger partial charge in [-0.3, -0.25) is 4.90 Å². The summed E-state index contributed by atoms with van der Waals surface area (Å²) in [7, 11) is 0. The van der Waals surface area contributed by atoms with Gasteiger partial charge in [-0.2, -0.15) is 0 Å². The lowest BCUT2D eigenvalue weighted by molar-refractivity contribution is 0.192. The highest BCUT2D eigenvalue weighted by Crippen LogP contribution is 2.22. The monoisotopic (exact) mass is 275 g/mol. The Labute approximate surface area is 121 Å². The van der Waals surface area contributed by atoms with E-state index in [-0.39, 0.29) is 5.92 Å². The summed E-state index contributed by atoms with van der Waals surface area (Å²) in [4.78, 5) is 2.41. The molecule has 2 rings (SSSR count). The van der Waals surface area contributed by atoms with Crippen LogP contribution in [0.25, 0.3) is 0 Å². The number of piperidine rings is 1. The molecule has 1 unspecified atom stereocenters. The van der Waals surface area contributed by atoms with Crippen LogP contribution >= 0.6 is 0 Å². The number of aryl methyl sites for hydroxylation is 3. The fraction of sp³-hybridized carbons (Fsp3) is 0.562. The third-order valence-corrected chi connectivity index (χ3v) is 4.26. The highest BCUT2D eigenvalue weighted by atomic mass is 16.4. The second-order valence-electron chi connectivity index (χ2n) is 5.98. The molecule has 0 aromatic heterocycles. The smallest absolute Gasteiger partial charge is 0.143 e. The number of nitrogens with two attached hydrogens (primary N) is 1. The summed E-state index contributed by atoms with van der Waals surface area (Å²) >= 11 is 0. The number of rotatable bonds is 3. The summed E-state index contributed by atoms with van der Waals surface area (Å²) in [5.74, 6) is 0.548. The van der Waals surface area contributed by atoms with Crippen molar-refractivity contribution in [1.29, 1.82) is 0 Å². The lowest BCUT2D eigenvalue weighted by atomic mass is 9.94. The van der Waals surface area contributed by atoms with Gasteiger partial charge in [-0.05, 0) is 56.8 Å². The third-order valence-electron chi connectivity index (χ3n) is 4.26. The molecule has 0 radical (unpaired) electrons. The van der Waals surface area contributed by atoms with Crippen LogP contribution in [0.15, 0.2) is 17.3 Å². The van der Waals surface area contributed by atoms with Crippen molar-refractivity contribution in [3.63, 3.8) is 0 Å². The first-order valence-electron chi connectivity index (χ1n) is 7.27. The van der Waals surface area contributed by atoms with Crippen LogP contribution in [-0.4, -0.2) is 29.0 Å². The summed E-state index contributed by atoms with van der Waals surface area (Å²) in [6, 6.07) is 4.49. The molecule has 1 aliphatic heterocycles. The molecule has 1 fully saturated rings. The van der Waals surface area contributed by atoms with Gasteiger partial charge >= 0.3 is 0 Å². The SMILES string of the molecule is Cc1cc(C)c(CN2CCCC(C(N)=NO)C2)c(C)c1. The van der Waals surface area contributed by atoms with Gasteiger partial charge in [0.2, 0.25) is 0 Å². The Bertz CT molecular complexity index is 487. The zero-order valence-corrected chi connectivity index (χ0v) is 12.7. The van der Waals surface area contributed by atoms with Crippen molar-refractivity contribution in [2.24, 2.45) is 16.8 Å². The van der Waals surface area contributed by atoms with Gasteiger partial charge in [0, 0.05) is 19.0 Å². The molecule has 1 saturated heterocycles. The fourth-order valence-corrected chi connectivity index (χ4v) is 3.21. The lowest BCUT2D eigenvalue weighted by Gasteiger charge is -2.32. The second kappa shape index (κ2) is 6.27. The lowest BCUT2D eigenvalue weighted by Crippen LogP contribution is -2.41. The van der Waals surface area contributed by atoms with E-state index in [9.17, 15) is 0 Å². The van der Waals surface area contributed by atoms with Crippen LogP contribution in [0.3, 0.4) is 0 Å². The van der Waals surface area contributed by atoms with Gasteiger partial charge in [0.15, 0.2) is 0 Å². The van der Waals surface area contributed by atoms with Gasteiger partial charge < -0.3 is 10.9 Å². The van der Waals surface area contributed by atoms with E-state index < -0.39 is 0 Å². The fourth-order valence-electron chi connectivity index (χ4n) is 3.21. The molecule has 4 nitrogen and oxygen atoms in total. The van der Waals surface area contributed by atoms with E-state index in [4.69, 9.17) is 10.9 Å². The molecule has 0 amide bonds. The molecule has 20 heavy (non-hydrogen) atoms. The Morgan fingerprint density at radius 2 is 2.00 bits per heavy atom. The average molecular weight is 275 g/mol. The standard InChI is InChI=1S/C16H25N3O/c1-11-7-12(2)15(13(3)8-11)10-19-6-4-5-14(9-19)16(17)18-20/h7-8,14,20H,4-6,9-10H2,1-3H3,(H2,17,18). The van der Waals surface area contributed by atoms with Gasteiger partial charge in [0.25, 0.3) is 0 Å². The topological polar surface area (TPSA) is 61.8 Å². The van der Waals surface area contributed by atoms with Crippen molar-refractivity contribution < 1.29 is 5.21 Å². The maximum absolute atomic E-state index is 8.83. The van der Waals surface area contributed by atoms with Crippen molar-refractivity contribution in [2.45, 2.75) is 40.2 Å². The minimum Gasteiger partial charge on any atom is -0.409 e. The molecular weight excluding hydrogens is 250 g/mol. The second-order valence-corrected chi connectivity index (χ2v) is 5.98. The van der Waals surface area contributed by atoms with Crippen molar-refractivity contribution in [2.75, 3.05) is 13.1 Å². The first kappa shape index (κ1) is 14.9. The van der Waals surface area contributed by atoms with Gasteiger partial charge in [0.1, 0.15) is 5.84 Å². The molecule has 0 bridgehead atoms. The van der Waals surface area contributed by atoms with Crippen LogP contribution in [0.5, 0.6) is 0 Å². The predicted octanol–water partition coefficient (Wildman–Crippen LogP) is 2.57. The first-order chi connectivity index (χ1) is 9.51. The molecule has 1 heterocycles. The summed E-state index contributed by atoms with van der Waals surface area (Å²) in [6.45, 7) is 9.41. The van der Waals surface area contributed by atoms with Crippen molar-refractivity contribution >= 4 is 5.84 Å². The number of hydrogen-bond acceptors (Lipinski definition) is 3. The minimum absolute atomic E-state index is 0.180. The van der Waals surface area contributed by atoms with E-state index >= 15 is 0 Å². The summed E-state index contributed by atoms with van der Waals surface area (Å²) in [6.07, 6.45) is 2.11. The van der Waals surface area contributed by atoms with Crippen LogP contribution in [0.1, 0.15) is 35.1 Å². The normalized spacial score (nSPS) is 21.1. The molecule has 1 aromatic carbocycles. The van der Waals surface area contributed by atoms with E-state index in [1.165, 1.54) is 22.3 Å². The highest BCUT2D eigenvalue weighted by Gasteiger charge is 2.23. The molecule has 0 spiro atoms. The minimum atomic E-state index is 0.180. The van der Waals surface area contributed by atoms with Gasteiger partial charge in [0.05, 0.1) is 0 Å². The quantitative estimate of drug-likeness (QED) is 0.386. The Balaban J connectivity index is 2.10. The van der Waals surface area contributed by atoms with Gasteiger partial charge in [-0.15, -0.1) is 0 Å². The Morgan fingerprint density at radius 1 is 1.35 bits per heavy atom. The van der Waals surface area contributed by atoms with E-state index in [1.54, 1.807) is 0 Å². The van der Waals surface area contributed by atoms with E-state index in [1.807, 2.05) is 0 Å². The van der Waals surface area contributed by atoms with Gasteiger partial charge in [-0.25, -0.2) is 0 Å². The highest BCUT2D eigenvalue weighted by molar-refractivity contribution is 5.82. The Kier molecular flexibility index (Phi) is 4.65. The summed E-state index contributed by atoms with van der Waals surface area (Å²) in [5, 5.41) is 12.0. The zero-order chi connectivity index (χ0) is 14.7. The number of likely N-dealkylation sites (tertiary alicyclic amines) is 1. The molecule has 3 N–H and O–H groups in total. The molecule has 1 aliphatic rings. The van der Waals surface area contributed by atoms with Gasteiger partial charge in [-0.1, -0.05) is 22.9 Å². The van der Waals surface area contributed by atoms with E-state index in [2.05, 4.69) is 43.0 Å². The zero-order valence-electron chi connectivity index (χ0n) is 12.7. The number of benzene rings is 1. The average Bonchev–Trinajstić information content (AvgIpc) is 2.42. The van der Waals surface area contributed by atoms with Crippen molar-refractivity contribution in [3.05, 3.63) is 34.4 Å². The van der Waals surface area contributed by atoms with Crippen LogP contribution in [-0.2, 0) is 6.54 Å². The maximum atomic E-state index is 8.83. The summed E-state index contributed by atoms with van der Waals surface area (Å²) < 4.78 is 0. The molecule has 1 atom stereocenters. The number of amidine groups is 1. The number of nitrogens with zero attached hydrogens (tertiary/aromatic N) is 2. The van der Waals surface area contributed by atoms with E-state index in [0.717, 1.165) is 32.5 Å². The molecule has 0 saturated carbocycles. The largest absolute Gasteiger partial charge is 0.409 e. The van der Waals surface area contributed by atoms with E-state index in [0.29, 0.717) is 5.84 Å². The van der Waals surface area contributed by atoms with Crippen molar-refractivity contribution in [1.82, 2.24) is 4.90 Å². The predicted molar refractivity (Wildman–Crippen MR) is 82.1 cm³/mol. The summed E-state index contributed by atoms with van der Waals surface area (Å²) in [5.41, 5.74) is 11.2. The number of hydrogen-bond donors (Lipinski definition) is 2. The number of oxime groups is 1. The first-order valence-corrected chi connectivity index (χ1v) is 7.27. The molecule has 1 aromatic rings. The van der Waals surface area contributed by atoms with Crippen LogP contribution < -0.4 is 5.73 Å². The van der Waals surface area contributed by atoms with Crippen LogP contribution in [0.4, 0.5) is 0 Å². The van der Waals surface area contributed by atoms with Crippen LogP contribution in [0.2, 0.25) is 0 Å². The maximum Gasteiger partial charge on any atom is 0.143 e. The Morgan fingerprint density at radius 3 is 2.60 bits per heavy atom. The molecule has 0 aliphatic carbocycles. The molecular formula is C16H25N3O. The third kappa shape index (κ3) is 3.31. The van der Waals surface area contributed by atoms with Crippen LogP contribution in [0, 0.1) is 26.7 Å². The Hall–Kier alpha value is -1.55.